The summed E-state index contributed by atoms with van der Waals surface area (Å²) in [6.45, 7) is 1.66. The van der Waals surface area contributed by atoms with Crippen LogP contribution in [0.5, 0.6) is 0 Å². The SMILES string of the molecule is Cc1cc(F)cc2c1C(O)C(=O)N2. The van der Waals surface area contributed by atoms with E-state index in [1.165, 1.54) is 12.1 Å². The highest BCUT2D eigenvalue weighted by atomic mass is 19.1. The summed E-state index contributed by atoms with van der Waals surface area (Å²) >= 11 is 0. The minimum Gasteiger partial charge on any atom is -0.378 e. The Bertz CT molecular complexity index is 389. The first-order valence-corrected chi connectivity index (χ1v) is 3.88. The van der Waals surface area contributed by atoms with Gasteiger partial charge in [-0.05, 0) is 24.6 Å². The molecule has 0 aliphatic carbocycles. The summed E-state index contributed by atoms with van der Waals surface area (Å²) in [5.74, 6) is -0.908. The van der Waals surface area contributed by atoms with Crippen LogP contribution in [0.1, 0.15) is 17.2 Å². The third-order valence-corrected chi connectivity index (χ3v) is 2.13. The van der Waals surface area contributed by atoms with Crippen LogP contribution in [-0.2, 0) is 4.79 Å². The summed E-state index contributed by atoms with van der Waals surface area (Å²) in [7, 11) is 0. The van der Waals surface area contributed by atoms with Crippen molar-refractivity contribution in [1.82, 2.24) is 0 Å². The summed E-state index contributed by atoms with van der Waals surface area (Å²) in [6.07, 6.45) is -1.16. The highest BCUT2D eigenvalue weighted by Crippen LogP contribution is 2.33. The highest BCUT2D eigenvalue weighted by molar-refractivity contribution is 6.02. The summed E-state index contributed by atoms with van der Waals surface area (Å²) in [5.41, 5.74) is 1.43. The zero-order valence-electron chi connectivity index (χ0n) is 6.97. The molecule has 0 spiro atoms. The van der Waals surface area contributed by atoms with Crippen molar-refractivity contribution < 1.29 is 14.3 Å². The van der Waals surface area contributed by atoms with Crippen molar-refractivity contribution in [3.05, 3.63) is 29.1 Å². The Morgan fingerprint density at radius 1 is 1.54 bits per heavy atom. The Morgan fingerprint density at radius 2 is 2.23 bits per heavy atom. The molecule has 1 atom stereocenters. The molecule has 1 unspecified atom stereocenters. The van der Waals surface area contributed by atoms with Crippen LogP contribution < -0.4 is 5.32 Å². The predicted molar refractivity (Wildman–Crippen MR) is 44.7 cm³/mol. The fourth-order valence-electron chi connectivity index (χ4n) is 1.55. The Balaban J connectivity index is 2.64. The number of rotatable bonds is 0. The molecule has 1 amide bonds. The summed E-state index contributed by atoms with van der Waals surface area (Å²) < 4.78 is 12.8. The zero-order chi connectivity index (χ0) is 9.59. The van der Waals surface area contributed by atoms with Gasteiger partial charge in [0, 0.05) is 5.56 Å². The summed E-state index contributed by atoms with van der Waals surface area (Å²) in [5, 5.41) is 11.8. The van der Waals surface area contributed by atoms with Gasteiger partial charge in [-0.1, -0.05) is 0 Å². The van der Waals surface area contributed by atoms with Gasteiger partial charge in [-0.25, -0.2) is 4.39 Å². The Labute approximate surface area is 74.2 Å². The van der Waals surface area contributed by atoms with E-state index in [0.29, 0.717) is 16.8 Å². The number of hydrogen-bond acceptors (Lipinski definition) is 2. The molecule has 3 nitrogen and oxygen atoms in total. The van der Waals surface area contributed by atoms with Gasteiger partial charge in [0.05, 0.1) is 5.69 Å². The maximum absolute atomic E-state index is 12.8. The molecule has 4 heteroatoms. The van der Waals surface area contributed by atoms with Crippen molar-refractivity contribution in [2.24, 2.45) is 0 Å². The Hall–Kier alpha value is -1.42. The molecule has 0 aromatic heterocycles. The predicted octanol–water partition coefficient (Wildman–Crippen LogP) is 1.12. The number of nitrogens with one attached hydrogen (secondary N) is 1. The number of fused-ring (bicyclic) bond motifs is 1. The lowest BCUT2D eigenvalue weighted by molar-refractivity contribution is -0.123. The molecule has 0 radical (unpaired) electrons. The molecule has 1 aliphatic heterocycles. The van der Waals surface area contributed by atoms with Gasteiger partial charge in [0.25, 0.3) is 5.91 Å². The van der Waals surface area contributed by atoms with Gasteiger partial charge in [-0.2, -0.15) is 0 Å². The first-order chi connectivity index (χ1) is 6.09. The number of carbonyl (C=O) groups is 1. The minimum absolute atomic E-state index is 0.370. The minimum atomic E-state index is -1.16. The lowest BCUT2D eigenvalue weighted by Crippen LogP contribution is -2.10. The van der Waals surface area contributed by atoms with Crippen molar-refractivity contribution in [3.8, 4) is 0 Å². The molecule has 0 saturated heterocycles. The van der Waals surface area contributed by atoms with E-state index in [0.717, 1.165) is 0 Å². The van der Waals surface area contributed by atoms with Crippen molar-refractivity contribution in [3.63, 3.8) is 0 Å². The first kappa shape index (κ1) is 8.19. The van der Waals surface area contributed by atoms with E-state index in [1.54, 1.807) is 6.92 Å². The Morgan fingerprint density at radius 3 is 2.92 bits per heavy atom. The van der Waals surface area contributed by atoms with Gasteiger partial charge in [0.2, 0.25) is 0 Å². The standard InChI is InChI=1S/C9H8FNO2/c1-4-2-5(10)3-6-7(4)8(12)9(13)11-6/h2-3,8,12H,1H3,(H,11,13). The van der Waals surface area contributed by atoms with Crippen molar-refractivity contribution in [1.29, 1.82) is 0 Å². The second kappa shape index (κ2) is 2.53. The first-order valence-electron chi connectivity index (χ1n) is 3.88. The van der Waals surface area contributed by atoms with E-state index in [4.69, 9.17) is 0 Å². The van der Waals surface area contributed by atoms with Crippen LogP contribution in [0.2, 0.25) is 0 Å². The van der Waals surface area contributed by atoms with Crippen LogP contribution in [-0.4, -0.2) is 11.0 Å². The molecule has 1 aromatic carbocycles. The maximum Gasteiger partial charge on any atom is 0.257 e. The number of carbonyl (C=O) groups excluding carboxylic acids is 1. The molecule has 2 rings (SSSR count). The van der Waals surface area contributed by atoms with Gasteiger partial charge in [0.15, 0.2) is 6.10 Å². The van der Waals surface area contributed by atoms with E-state index >= 15 is 0 Å². The van der Waals surface area contributed by atoms with E-state index in [1.807, 2.05) is 0 Å². The van der Waals surface area contributed by atoms with Crippen LogP contribution in [0, 0.1) is 12.7 Å². The highest BCUT2D eigenvalue weighted by Gasteiger charge is 2.30. The number of aryl methyl sites for hydroxylation is 1. The monoisotopic (exact) mass is 181 g/mol. The number of halogens is 1. The molecule has 1 aliphatic rings. The molecule has 68 valence electrons. The number of aliphatic hydroxyl groups is 1. The number of anilines is 1. The molecule has 1 aromatic rings. The van der Waals surface area contributed by atoms with Gasteiger partial charge < -0.3 is 10.4 Å². The third-order valence-electron chi connectivity index (χ3n) is 2.13. The maximum atomic E-state index is 12.8. The van der Waals surface area contributed by atoms with Crippen molar-refractivity contribution >= 4 is 11.6 Å². The van der Waals surface area contributed by atoms with Crippen LogP contribution in [0.15, 0.2) is 12.1 Å². The van der Waals surface area contributed by atoms with Crippen LogP contribution in [0.4, 0.5) is 10.1 Å². The average molecular weight is 181 g/mol. The quantitative estimate of drug-likeness (QED) is 0.630. The smallest absolute Gasteiger partial charge is 0.257 e. The second-order valence-corrected chi connectivity index (χ2v) is 3.08. The number of aliphatic hydroxyl groups excluding tert-OH is 1. The molecule has 2 N–H and O–H groups in total. The zero-order valence-corrected chi connectivity index (χ0v) is 6.97. The Kier molecular flexibility index (Phi) is 1.60. The normalized spacial score (nSPS) is 19.9. The van der Waals surface area contributed by atoms with E-state index in [9.17, 15) is 14.3 Å². The fourth-order valence-corrected chi connectivity index (χ4v) is 1.55. The van der Waals surface area contributed by atoms with Gasteiger partial charge in [-0.3, -0.25) is 4.79 Å². The number of hydrogen-bond donors (Lipinski definition) is 2. The topological polar surface area (TPSA) is 49.3 Å². The molecule has 13 heavy (non-hydrogen) atoms. The van der Waals surface area contributed by atoms with Gasteiger partial charge >= 0.3 is 0 Å². The summed E-state index contributed by atoms with van der Waals surface area (Å²) in [6, 6.07) is 2.50. The van der Waals surface area contributed by atoms with Crippen LogP contribution >= 0.6 is 0 Å². The fraction of sp³-hybridized carbons (Fsp3) is 0.222. The van der Waals surface area contributed by atoms with Gasteiger partial charge in [-0.15, -0.1) is 0 Å². The largest absolute Gasteiger partial charge is 0.378 e. The van der Waals surface area contributed by atoms with E-state index in [2.05, 4.69) is 5.32 Å². The number of amides is 1. The van der Waals surface area contributed by atoms with E-state index < -0.39 is 17.8 Å². The molecule has 0 saturated carbocycles. The molecular weight excluding hydrogens is 173 g/mol. The van der Waals surface area contributed by atoms with Crippen molar-refractivity contribution in [2.45, 2.75) is 13.0 Å². The number of benzene rings is 1. The molecule has 0 fully saturated rings. The van der Waals surface area contributed by atoms with Crippen LogP contribution in [0.3, 0.4) is 0 Å². The summed E-state index contributed by atoms with van der Waals surface area (Å²) in [4.78, 5) is 11.0. The average Bonchev–Trinajstić information content (AvgIpc) is 2.27. The second-order valence-electron chi connectivity index (χ2n) is 3.08. The van der Waals surface area contributed by atoms with E-state index in [-0.39, 0.29) is 0 Å². The molecular formula is C9H8FNO2. The molecule has 0 bridgehead atoms. The lowest BCUT2D eigenvalue weighted by atomic mass is 10.0. The van der Waals surface area contributed by atoms with Gasteiger partial charge in [0.1, 0.15) is 5.82 Å². The van der Waals surface area contributed by atoms with Crippen LogP contribution in [0.25, 0.3) is 0 Å². The lowest BCUT2D eigenvalue weighted by Gasteiger charge is -2.04. The third kappa shape index (κ3) is 1.10. The molecule has 1 heterocycles. The van der Waals surface area contributed by atoms with Crippen molar-refractivity contribution in [2.75, 3.05) is 5.32 Å².